The van der Waals surface area contributed by atoms with Gasteiger partial charge in [-0.25, -0.2) is 0 Å². The molecule has 0 amide bonds. The van der Waals surface area contributed by atoms with Gasteiger partial charge in [0.1, 0.15) is 11.4 Å². The molecule has 0 unspecified atom stereocenters. The summed E-state index contributed by atoms with van der Waals surface area (Å²) < 4.78 is 6.36. The number of fused-ring (bicyclic) bond motifs is 3. The largest absolute Gasteiger partial charge is 0.486 e. The first-order valence-corrected chi connectivity index (χ1v) is 13.1. The molecular weight excluding hydrogens is 436 g/mol. The van der Waals surface area contributed by atoms with Crippen molar-refractivity contribution < 1.29 is 19.1 Å². The van der Waals surface area contributed by atoms with Crippen LogP contribution in [-0.4, -0.2) is 23.0 Å². The van der Waals surface area contributed by atoms with Crippen molar-refractivity contribution in [2.24, 2.45) is 28.1 Å². The Labute approximate surface area is 212 Å². The second-order valence-electron chi connectivity index (χ2n) is 12.7. The van der Waals surface area contributed by atoms with Crippen LogP contribution in [0.1, 0.15) is 94.9 Å². The molecule has 1 heterocycles. The molecule has 3 rings (SSSR count). The van der Waals surface area contributed by atoms with Gasteiger partial charge in [-0.1, -0.05) is 44.1 Å². The van der Waals surface area contributed by atoms with E-state index in [2.05, 4.69) is 39.8 Å². The Kier molecular flexibility index (Phi) is 7.05. The van der Waals surface area contributed by atoms with Crippen LogP contribution in [0.3, 0.4) is 0 Å². The third-order valence-corrected chi connectivity index (χ3v) is 8.52. The van der Waals surface area contributed by atoms with Gasteiger partial charge in [-0.15, -0.1) is 0 Å². The first kappa shape index (κ1) is 27.4. The van der Waals surface area contributed by atoms with Crippen LogP contribution in [0.25, 0.3) is 0 Å². The lowest BCUT2D eigenvalue weighted by atomic mass is 9.38. The molecule has 0 aromatic heterocycles. The molecule has 0 N–H and O–H groups in total. The molecule has 35 heavy (non-hydrogen) atoms. The van der Waals surface area contributed by atoms with Crippen LogP contribution in [0.2, 0.25) is 0 Å². The summed E-state index contributed by atoms with van der Waals surface area (Å²) in [4.78, 5) is 43.4. The van der Waals surface area contributed by atoms with Gasteiger partial charge in [-0.3, -0.25) is 14.4 Å². The van der Waals surface area contributed by atoms with Crippen molar-refractivity contribution in [3.05, 3.63) is 46.8 Å². The van der Waals surface area contributed by atoms with Crippen molar-refractivity contribution in [3.8, 4) is 0 Å². The minimum atomic E-state index is -1.71. The van der Waals surface area contributed by atoms with Crippen LogP contribution >= 0.6 is 0 Å². The summed E-state index contributed by atoms with van der Waals surface area (Å²) in [6.45, 7) is 19.7. The van der Waals surface area contributed by atoms with Crippen LogP contribution in [0.5, 0.6) is 0 Å². The van der Waals surface area contributed by atoms with Gasteiger partial charge in [0.2, 0.25) is 0 Å². The summed E-state index contributed by atoms with van der Waals surface area (Å²) in [5, 5.41) is 0. The van der Waals surface area contributed by atoms with E-state index in [0.29, 0.717) is 24.2 Å². The normalized spacial score (nSPS) is 33.3. The number of hydrogen-bond acceptors (Lipinski definition) is 4. The van der Waals surface area contributed by atoms with E-state index in [1.807, 2.05) is 47.6 Å². The summed E-state index contributed by atoms with van der Waals surface area (Å²) in [5.74, 6) is -0.868. The third kappa shape index (κ3) is 4.11. The van der Waals surface area contributed by atoms with Crippen molar-refractivity contribution in [2.75, 3.05) is 0 Å². The molecular formula is C31H44O4. The minimum Gasteiger partial charge on any atom is -0.486 e. The molecule has 1 fully saturated rings. The van der Waals surface area contributed by atoms with Crippen LogP contribution in [-0.2, 0) is 19.1 Å². The predicted molar refractivity (Wildman–Crippen MR) is 141 cm³/mol. The van der Waals surface area contributed by atoms with E-state index in [0.717, 1.165) is 12.8 Å². The molecule has 0 radical (unpaired) electrons. The molecule has 0 spiro atoms. The molecule has 0 aromatic rings. The number of hydrogen-bond donors (Lipinski definition) is 0. The minimum absolute atomic E-state index is 0.0241. The number of carbonyl (C=O) groups excluding carboxylic acids is 3. The highest BCUT2D eigenvalue weighted by Crippen LogP contribution is 2.67. The number of allylic oxidation sites excluding steroid dienone is 7. The number of carbonyl (C=O) groups is 3. The molecule has 2 aliphatic carbocycles. The molecule has 4 atom stereocenters. The lowest BCUT2D eigenvalue weighted by Crippen LogP contribution is -2.71. The maximum Gasteiger partial charge on any atom is 0.187 e. The number of ketones is 3. The average molecular weight is 481 g/mol. The lowest BCUT2D eigenvalue weighted by molar-refractivity contribution is -0.181. The zero-order valence-corrected chi connectivity index (χ0v) is 23.4. The molecule has 3 aliphatic rings. The second-order valence-corrected chi connectivity index (χ2v) is 12.7. The van der Waals surface area contributed by atoms with E-state index < -0.39 is 27.8 Å². The Bertz CT molecular complexity index is 1060. The second kappa shape index (κ2) is 9.01. The van der Waals surface area contributed by atoms with Gasteiger partial charge < -0.3 is 4.74 Å². The van der Waals surface area contributed by atoms with E-state index in [1.54, 1.807) is 6.08 Å². The van der Waals surface area contributed by atoms with E-state index in [4.69, 9.17) is 4.74 Å². The molecule has 1 saturated carbocycles. The Hall–Kier alpha value is -2.23. The zero-order chi connectivity index (χ0) is 26.6. The fourth-order valence-electron chi connectivity index (χ4n) is 6.56. The maximum atomic E-state index is 14.7. The highest BCUT2D eigenvalue weighted by molar-refractivity contribution is 6.34. The van der Waals surface area contributed by atoms with Gasteiger partial charge in [0, 0.05) is 5.92 Å². The SMILES string of the molecule is CC(C)=CCC[C@@]1(C)[C@H](CC=C(C)C)C[C@]2(C)C(=O)[C@]1(C(=O)C(C)C)C(=O)C1=C2OC(C)(C)C=C1. The smallest absolute Gasteiger partial charge is 0.187 e. The molecule has 2 bridgehead atoms. The van der Waals surface area contributed by atoms with Gasteiger partial charge >= 0.3 is 0 Å². The summed E-state index contributed by atoms with van der Waals surface area (Å²) in [5.41, 5.74) is -1.36. The van der Waals surface area contributed by atoms with Gasteiger partial charge in [-0.2, -0.15) is 0 Å². The first-order valence-electron chi connectivity index (χ1n) is 13.1. The van der Waals surface area contributed by atoms with Gasteiger partial charge in [0.05, 0.1) is 11.0 Å². The Morgan fingerprint density at radius 3 is 2.20 bits per heavy atom. The summed E-state index contributed by atoms with van der Waals surface area (Å²) >= 11 is 0. The maximum absolute atomic E-state index is 14.7. The van der Waals surface area contributed by atoms with Crippen molar-refractivity contribution in [2.45, 2.75) is 101 Å². The molecule has 0 saturated heterocycles. The Morgan fingerprint density at radius 1 is 1.06 bits per heavy atom. The fraction of sp³-hybridized carbons (Fsp3) is 0.645. The van der Waals surface area contributed by atoms with Crippen LogP contribution in [0.4, 0.5) is 0 Å². The van der Waals surface area contributed by atoms with E-state index in [9.17, 15) is 14.4 Å². The van der Waals surface area contributed by atoms with E-state index in [-0.39, 0.29) is 23.3 Å². The molecule has 4 nitrogen and oxygen atoms in total. The average Bonchev–Trinajstić information content (AvgIpc) is 2.73. The zero-order valence-electron chi connectivity index (χ0n) is 23.4. The van der Waals surface area contributed by atoms with Gasteiger partial charge in [0.15, 0.2) is 22.8 Å². The fourth-order valence-corrected chi connectivity index (χ4v) is 6.56. The number of ether oxygens (including phenoxy) is 1. The van der Waals surface area contributed by atoms with Crippen LogP contribution in [0.15, 0.2) is 46.8 Å². The molecule has 0 aromatic carbocycles. The van der Waals surface area contributed by atoms with Crippen molar-refractivity contribution in [1.29, 1.82) is 0 Å². The number of Topliss-reactive ketones (excluding diaryl/α,β-unsaturated/α-hetero) is 3. The Balaban J connectivity index is 2.37. The van der Waals surface area contributed by atoms with Crippen molar-refractivity contribution in [1.82, 2.24) is 0 Å². The standard InChI is InChI=1S/C31H44O4/c1-19(2)12-11-16-30(10)22(14-13-20(3)4)18-29(9)26-23(15-17-28(7,8)35-26)25(33)31(30,27(29)34)24(32)21(5)6/h12-13,15,17,21-22H,11,14,16,18H2,1-10H3/t22-,29+,30+,31+/m1/s1. The highest BCUT2D eigenvalue weighted by Gasteiger charge is 2.75. The third-order valence-electron chi connectivity index (χ3n) is 8.52. The summed E-state index contributed by atoms with van der Waals surface area (Å²) in [6, 6.07) is 0. The van der Waals surface area contributed by atoms with Crippen molar-refractivity contribution in [3.63, 3.8) is 0 Å². The highest BCUT2D eigenvalue weighted by atomic mass is 16.5. The van der Waals surface area contributed by atoms with E-state index >= 15 is 0 Å². The summed E-state index contributed by atoms with van der Waals surface area (Å²) in [6.07, 6.45) is 10.6. The van der Waals surface area contributed by atoms with Crippen LogP contribution in [0, 0.1) is 28.1 Å². The van der Waals surface area contributed by atoms with Crippen LogP contribution < -0.4 is 0 Å². The first-order chi connectivity index (χ1) is 16.0. The quantitative estimate of drug-likeness (QED) is 0.288. The monoisotopic (exact) mass is 480 g/mol. The Morgan fingerprint density at radius 2 is 1.66 bits per heavy atom. The van der Waals surface area contributed by atoms with Gasteiger partial charge in [-0.05, 0) is 97.6 Å². The molecule has 192 valence electrons. The molecule has 1 aliphatic heterocycles. The van der Waals surface area contributed by atoms with Crippen molar-refractivity contribution >= 4 is 17.3 Å². The van der Waals surface area contributed by atoms with Gasteiger partial charge in [0.25, 0.3) is 0 Å². The lowest BCUT2D eigenvalue weighted by Gasteiger charge is -2.61. The number of rotatable bonds is 7. The van der Waals surface area contributed by atoms with E-state index in [1.165, 1.54) is 11.1 Å². The topological polar surface area (TPSA) is 60.4 Å². The molecule has 4 heteroatoms. The summed E-state index contributed by atoms with van der Waals surface area (Å²) in [7, 11) is 0. The predicted octanol–water partition coefficient (Wildman–Crippen LogP) is 7.10.